The number of nitrogens with one attached hydrogen (secondary N) is 1. The van der Waals surface area contributed by atoms with E-state index in [0.29, 0.717) is 13.0 Å². The van der Waals surface area contributed by atoms with Gasteiger partial charge in [0.25, 0.3) is 0 Å². The molecule has 19 heavy (non-hydrogen) atoms. The van der Waals surface area contributed by atoms with Gasteiger partial charge >= 0.3 is 6.09 Å². The monoisotopic (exact) mass is 256 g/mol. The Morgan fingerprint density at radius 2 is 2.00 bits per heavy atom. The summed E-state index contributed by atoms with van der Waals surface area (Å²) in [6.45, 7) is 6.29. The van der Waals surface area contributed by atoms with Crippen molar-refractivity contribution < 1.29 is 9.53 Å². The van der Waals surface area contributed by atoms with Gasteiger partial charge in [-0.1, -0.05) is 42.5 Å². The van der Waals surface area contributed by atoms with Crippen LogP contribution in [0.3, 0.4) is 0 Å². The van der Waals surface area contributed by atoms with Gasteiger partial charge in [-0.05, 0) is 30.2 Å². The predicted octanol–water partition coefficient (Wildman–Crippen LogP) is 3.33. The van der Waals surface area contributed by atoms with E-state index < -0.39 is 12.2 Å². The van der Waals surface area contributed by atoms with E-state index in [0.717, 1.165) is 5.56 Å². The summed E-state index contributed by atoms with van der Waals surface area (Å²) in [6, 6.07) is 14.3. The molecule has 1 radical (unpaired) electrons. The Labute approximate surface area is 113 Å². The third-order valence-corrected chi connectivity index (χ3v) is 2.92. The fourth-order valence-electron chi connectivity index (χ4n) is 2.09. The van der Waals surface area contributed by atoms with Crippen molar-refractivity contribution in [3.8, 4) is 0 Å². The van der Waals surface area contributed by atoms with Gasteiger partial charge < -0.3 is 10.1 Å². The molecule has 2 aromatic carbocycles. The molecular formula is C16H18NO2. The lowest BCUT2D eigenvalue weighted by Crippen LogP contribution is -2.28. The summed E-state index contributed by atoms with van der Waals surface area (Å²) in [5, 5.41) is 4.96. The van der Waals surface area contributed by atoms with Gasteiger partial charge in [0, 0.05) is 13.0 Å². The molecule has 0 heterocycles. The van der Waals surface area contributed by atoms with E-state index >= 15 is 0 Å². The maximum atomic E-state index is 11.3. The SMILES string of the molecule is [CH2]C(Cc1cccc2ccccc12)OC(=O)NCC. The van der Waals surface area contributed by atoms with Crippen molar-refractivity contribution in [3.05, 3.63) is 55.0 Å². The molecule has 1 N–H and O–H groups in total. The van der Waals surface area contributed by atoms with Crippen molar-refractivity contribution in [2.24, 2.45) is 0 Å². The van der Waals surface area contributed by atoms with Crippen molar-refractivity contribution in [2.45, 2.75) is 19.4 Å². The first-order valence-electron chi connectivity index (χ1n) is 6.45. The van der Waals surface area contributed by atoms with Crippen LogP contribution in [0.25, 0.3) is 10.8 Å². The maximum absolute atomic E-state index is 11.3. The largest absolute Gasteiger partial charge is 0.446 e. The molecule has 99 valence electrons. The van der Waals surface area contributed by atoms with Crippen molar-refractivity contribution >= 4 is 16.9 Å². The van der Waals surface area contributed by atoms with Gasteiger partial charge in [-0.2, -0.15) is 0 Å². The van der Waals surface area contributed by atoms with Crippen LogP contribution >= 0.6 is 0 Å². The van der Waals surface area contributed by atoms with Crippen LogP contribution in [0.15, 0.2) is 42.5 Å². The molecule has 2 rings (SSSR count). The minimum Gasteiger partial charge on any atom is -0.446 e. The number of carbonyl (C=O) groups is 1. The van der Waals surface area contributed by atoms with Crippen molar-refractivity contribution in [1.29, 1.82) is 0 Å². The quantitative estimate of drug-likeness (QED) is 0.911. The van der Waals surface area contributed by atoms with E-state index in [1.165, 1.54) is 10.8 Å². The Morgan fingerprint density at radius 1 is 1.26 bits per heavy atom. The predicted molar refractivity (Wildman–Crippen MR) is 77.0 cm³/mol. The third kappa shape index (κ3) is 3.47. The molecule has 2 aromatic rings. The molecule has 0 fully saturated rings. The molecule has 0 aliphatic carbocycles. The lowest BCUT2D eigenvalue weighted by atomic mass is 10.0. The van der Waals surface area contributed by atoms with E-state index in [4.69, 9.17) is 4.74 Å². The highest BCUT2D eigenvalue weighted by molar-refractivity contribution is 5.85. The summed E-state index contributed by atoms with van der Waals surface area (Å²) in [6.07, 6.45) is -0.196. The van der Waals surface area contributed by atoms with Gasteiger partial charge in [0.05, 0.1) is 0 Å². The Hall–Kier alpha value is -2.03. The van der Waals surface area contributed by atoms with Gasteiger partial charge in [0.15, 0.2) is 0 Å². The second kappa shape index (κ2) is 6.23. The van der Waals surface area contributed by atoms with Gasteiger partial charge in [-0.25, -0.2) is 4.79 Å². The van der Waals surface area contributed by atoms with Crippen LogP contribution in [0.4, 0.5) is 4.79 Å². The molecule has 0 aliphatic rings. The zero-order valence-electron chi connectivity index (χ0n) is 11.1. The summed E-state index contributed by atoms with van der Waals surface area (Å²) >= 11 is 0. The standard InChI is InChI=1S/C16H18NO2/c1-3-17-16(18)19-12(2)11-14-9-6-8-13-7-4-5-10-15(13)14/h4-10,12H,2-3,11H2,1H3,(H,17,18). The number of amides is 1. The Bertz CT molecular complexity index is 560. The average Bonchev–Trinajstić information content (AvgIpc) is 2.39. The fraction of sp³-hybridized carbons (Fsp3) is 0.250. The molecule has 0 spiro atoms. The van der Waals surface area contributed by atoms with Crippen LogP contribution in [-0.2, 0) is 11.2 Å². The highest BCUT2D eigenvalue weighted by Gasteiger charge is 2.11. The normalized spacial score (nSPS) is 12.1. The summed E-state index contributed by atoms with van der Waals surface area (Å²) in [4.78, 5) is 11.3. The minimum atomic E-state index is -0.414. The zero-order valence-corrected chi connectivity index (χ0v) is 11.1. The minimum absolute atomic E-state index is 0.391. The van der Waals surface area contributed by atoms with Crippen molar-refractivity contribution in [3.63, 3.8) is 0 Å². The average molecular weight is 256 g/mol. The fourth-order valence-corrected chi connectivity index (χ4v) is 2.09. The van der Waals surface area contributed by atoms with Crippen LogP contribution in [0, 0.1) is 6.92 Å². The van der Waals surface area contributed by atoms with Crippen molar-refractivity contribution in [1.82, 2.24) is 5.32 Å². The molecule has 1 amide bonds. The summed E-state index contributed by atoms with van der Waals surface area (Å²) in [7, 11) is 0. The van der Waals surface area contributed by atoms with Crippen LogP contribution in [0.5, 0.6) is 0 Å². The number of carbonyl (C=O) groups excluding carboxylic acids is 1. The van der Waals surface area contributed by atoms with Crippen LogP contribution in [0.1, 0.15) is 12.5 Å². The van der Waals surface area contributed by atoms with Gasteiger partial charge in [0.2, 0.25) is 0 Å². The Kier molecular flexibility index (Phi) is 4.39. The molecule has 1 unspecified atom stereocenters. The smallest absolute Gasteiger partial charge is 0.407 e. The van der Waals surface area contributed by atoms with Gasteiger partial charge in [-0.3, -0.25) is 0 Å². The van der Waals surface area contributed by atoms with E-state index in [1.807, 2.05) is 31.2 Å². The summed E-state index contributed by atoms with van der Waals surface area (Å²) in [5.74, 6) is 0. The number of fused-ring (bicyclic) bond motifs is 1. The zero-order chi connectivity index (χ0) is 13.7. The van der Waals surface area contributed by atoms with Crippen LogP contribution in [-0.4, -0.2) is 18.7 Å². The Morgan fingerprint density at radius 3 is 2.79 bits per heavy atom. The number of hydrogen-bond acceptors (Lipinski definition) is 2. The molecule has 0 saturated heterocycles. The van der Waals surface area contributed by atoms with Gasteiger partial charge in [0.1, 0.15) is 6.10 Å². The molecule has 3 heteroatoms. The maximum Gasteiger partial charge on any atom is 0.407 e. The topological polar surface area (TPSA) is 38.3 Å². The number of benzene rings is 2. The summed E-state index contributed by atoms with van der Waals surface area (Å²) in [5.41, 5.74) is 1.14. The first-order chi connectivity index (χ1) is 9.20. The lowest BCUT2D eigenvalue weighted by Gasteiger charge is -2.14. The first-order valence-corrected chi connectivity index (χ1v) is 6.45. The van der Waals surface area contributed by atoms with Crippen molar-refractivity contribution in [2.75, 3.05) is 6.54 Å². The Balaban J connectivity index is 2.10. The van der Waals surface area contributed by atoms with E-state index in [9.17, 15) is 4.79 Å². The highest BCUT2D eigenvalue weighted by Crippen LogP contribution is 2.20. The van der Waals surface area contributed by atoms with E-state index in [1.54, 1.807) is 0 Å². The highest BCUT2D eigenvalue weighted by atomic mass is 16.6. The first kappa shape index (κ1) is 13.4. The lowest BCUT2D eigenvalue weighted by molar-refractivity contribution is 0.119. The molecule has 0 bridgehead atoms. The number of ether oxygens (including phenoxy) is 1. The second-order valence-corrected chi connectivity index (χ2v) is 4.40. The second-order valence-electron chi connectivity index (χ2n) is 4.40. The molecule has 1 atom stereocenters. The molecule has 0 aromatic heterocycles. The number of hydrogen-bond donors (Lipinski definition) is 1. The van der Waals surface area contributed by atoms with Crippen LogP contribution < -0.4 is 5.32 Å². The van der Waals surface area contributed by atoms with Gasteiger partial charge in [-0.15, -0.1) is 0 Å². The molecule has 3 nitrogen and oxygen atoms in total. The summed E-state index contributed by atoms with van der Waals surface area (Å²) < 4.78 is 5.18. The van der Waals surface area contributed by atoms with Crippen LogP contribution in [0.2, 0.25) is 0 Å². The molecule has 0 saturated carbocycles. The number of alkyl carbamates (subject to hydrolysis) is 1. The molecule has 0 aliphatic heterocycles. The van der Waals surface area contributed by atoms with E-state index in [2.05, 4.69) is 30.4 Å². The number of rotatable bonds is 4. The molecular weight excluding hydrogens is 238 g/mol. The third-order valence-electron chi connectivity index (χ3n) is 2.92. The van der Waals surface area contributed by atoms with E-state index in [-0.39, 0.29) is 0 Å².